The fourth-order valence-corrected chi connectivity index (χ4v) is 2.89. The molecule has 4 N–H and O–H groups in total. The van der Waals surface area contributed by atoms with E-state index in [9.17, 15) is 15.0 Å². The summed E-state index contributed by atoms with van der Waals surface area (Å²) in [7, 11) is 0. The summed E-state index contributed by atoms with van der Waals surface area (Å²) in [4.78, 5) is 25.2. The number of carbonyl (C=O) groups is 1. The molecule has 6 unspecified atom stereocenters. The molecule has 0 bridgehead atoms. The second kappa shape index (κ2) is 7.77. The van der Waals surface area contributed by atoms with Crippen LogP contribution in [0.5, 0.6) is 0 Å². The van der Waals surface area contributed by atoms with Crippen molar-refractivity contribution in [3.8, 4) is 0 Å². The van der Waals surface area contributed by atoms with Crippen molar-refractivity contribution in [2.45, 2.75) is 43.7 Å². The molecule has 3 rings (SSSR count). The first kappa shape index (κ1) is 18.2. The Balaban J connectivity index is 1.63. The summed E-state index contributed by atoms with van der Waals surface area (Å²) in [6.07, 6.45) is 4.29. The standard InChI is InChI=1S/C16H21N5O5/c1-2-25-10(22)6-4-3-5-9-12(23)13(24)16(26-9)21-8-20-11-14(17)18-7-19-15(11)21/h3-9,11-13,15-16,23-24H,2H2,1H3,(H2,17,18,19)/b5-3+,6-4+. The summed E-state index contributed by atoms with van der Waals surface area (Å²) in [5.74, 6) is -0.131. The van der Waals surface area contributed by atoms with Gasteiger partial charge in [0.2, 0.25) is 0 Å². The van der Waals surface area contributed by atoms with E-state index in [0.29, 0.717) is 12.4 Å². The number of aliphatic hydroxyl groups is 2. The van der Waals surface area contributed by atoms with Gasteiger partial charge in [0.25, 0.3) is 0 Å². The molecule has 0 amide bonds. The van der Waals surface area contributed by atoms with E-state index in [-0.39, 0.29) is 0 Å². The molecule has 0 radical (unpaired) electrons. The van der Waals surface area contributed by atoms with E-state index in [2.05, 4.69) is 15.0 Å². The zero-order chi connectivity index (χ0) is 18.7. The number of allylic oxidation sites excluding steroid dienone is 2. The SMILES string of the molecule is CCOC(=O)/C=C/C=C/C1OC(N2C=NC3C(N)=NC=NC32)C(O)C1O. The Kier molecular flexibility index (Phi) is 5.45. The molecule has 3 heterocycles. The predicted octanol–water partition coefficient (Wildman–Crippen LogP) is -1.45. The van der Waals surface area contributed by atoms with Crippen molar-refractivity contribution in [2.24, 2.45) is 20.7 Å². The van der Waals surface area contributed by atoms with Gasteiger partial charge in [-0.15, -0.1) is 0 Å². The number of rotatable bonds is 5. The lowest BCUT2D eigenvalue weighted by Gasteiger charge is -2.31. The van der Waals surface area contributed by atoms with Crippen molar-refractivity contribution in [3.05, 3.63) is 24.3 Å². The Labute approximate surface area is 150 Å². The van der Waals surface area contributed by atoms with Gasteiger partial charge in [0.05, 0.1) is 12.9 Å². The lowest BCUT2D eigenvalue weighted by molar-refractivity contribution is -0.137. The zero-order valence-corrected chi connectivity index (χ0v) is 14.1. The van der Waals surface area contributed by atoms with Crippen LogP contribution in [0.1, 0.15) is 6.92 Å². The molecule has 3 aliphatic rings. The molecule has 0 spiro atoms. The number of aliphatic imine (C=N–C) groups is 3. The maximum Gasteiger partial charge on any atom is 0.330 e. The number of carbonyl (C=O) groups excluding carboxylic acids is 1. The molecule has 1 saturated heterocycles. The first-order valence-electron chi connectivity index (χ1n) is 8.21. The highest BCUT2D eigenvalue weighted by Gasteiger charge is 2.49. The first-order valence-corrected chi connectivity index (χ1v) is 8.21. The Bertz CT molecular complexity index is 689. The van der Waals surface area contributed by atoms with Crippen molar-refractivity contribution in [1.82, 2.24) is 4.90 Å². The summed E-state index contributed by atoms with van der Waals surface area (Å²) in [5.41, 5.74) is 5.81. The van der Waals surface area contributed by atoms with Crippen LogP contribution in [0.3, 0.4) is 0 Å². The van der Waals surface area contributed by atoms with Gasteiger partial charge in [0.1, 0.15) is 36.5 Å². The number of hydrogen-bond donors (Lipinski definition) is 3. The van der Waals surface area contributed by atoms with Crippen molar-refractivity contribution >= 4 is 24.5 Å². The number of ether oxygens (including phenoxy) is 2. The van der Waals surface area contributed by atoms with Crippen molar-refractivity contribution in [3.63, 3.8) is 0 Å². The third kappa shape index (κ3) is 3.52. The van der Waals surface area contributed by atoms with Crippen molar-refractivity contribution in [1.29, 1.82) is 0 Å². The van der Waals surface area contributed by atoms with Crippen LogP contribution in [0.2, 0.25) is 0 Å². The lowest BCUT2D eigenvalue weighted by atomic mass is 10.1. The highest BCUT2D eigenvalue weighted by molar-refractivity contribution is 5.96. The van der Waals surface area contributed by atoms with Gasteiger partial charge in [-0.2, -0.15) is 0 Å². The van der Waals surface area contributed by atoms with E-state index in [4.69, 9.17) is 15.2 Å². The molecule has 0 aromatic heterocycles. The molecule has 0 aromatic carbocycles. The average molecular weight is 363 g/mol. The smallest absolute Gasteiger partial charge is 0.330 e. The van der Waals surface area contributed by atoms with Crippen molar-refractivity contribution in [2.75, 3.05) is 6.61 Å². The van der Waals surface area contributed by atoms with E-state index in [1.807, 2.05) is 0 Å². The van der Waals surface area contributed by atoms with E-state index in [0.717, 1.165) is 0 Å². The molecule has 0 saturated carbocycles. The largest absolute Gasteiger partial charge is 0.463 e. The molecule has 0 aromatic rings. The van der Waals surface area contributed by atoms with Crippen LogP contribution in [0.15, 0.2) is 39.3 Å². The quantitative estimate of drug-likeness (QED) is 0.308. The van der Waals surface area contributed by atoms with Gasteiger partial charge in [-0.3, -0.25) is 4.99 Å². The zero-order valence-electron chi connectivity index (χ0n) is 14.1. The van der Waals surface area contributed by atoms with E-state index in [1.54, 1.807) is 24.0 Å². The molecule has 10 heteroatoms. The van der Waals surface area contributed by atoms with E-state index in [1.165, 1.54) is 24.8 Å². The van der Waals surface area contributed by atoms with E-state index < -0.39 is 42.7 Å². The number of nitrogens with two attached hydrogens (primary N) is 1. The van der Waals surface area contributed by atoms with Crippen LogP contribution >= 0.6 is 0 Å². The second-order valence-corrected chi connectivity index (χ2v) is 5.86. The van der Waals surface area contributed by atoms with E-state index >= 15 is 0 Å². The third-order valence-electron chi connectivity index (χ3n) is 4.18. The summed E-state index contributed by atoms with van der Waals surface area (Å²) >= 11 is 0. The van der Waals surface area contributed by atoms with Crippen LogP contribution in [-0.4, -0.2) is 82.9 Å². The molecule has 140 valence electrons. The minimum atomic E-state index is -1.17. The van der Waals surface area contributed by atoms with Gasteiger partial charge in [-0.05, 0) is 6.92 Å². The van der Waals surface area contributed by atoms with Crippen LogP contribution < -0.4 is 5.73 Å². The fourth-order valence-electron chi connectivity index (χ4n) is 2.89. The second-order valence-electron chi connectivity index (χ2n) is 5.86. The summed E-state index contributed by atoms with van der Waals surface area (Å²) < 4.78 is 10.5. The van der Waals surface area contributed by atoms with Gasteiger partial charge < -0.3 is 30.3 Å². The van der Waals surface area contributed by atoms with Crippen LogP contribution in [0.25, 0.3) is 0 Å². The normalized spacial score (nSPS) is 36.1. The maximum atomic E-state index is 11.2. The van der Waals surface area contributed by atoms with Gasteiger partial charge in [-0.25, -0.2) is 14.8 Å². The average Bonchev–Trinajstić information content (AvgIpc) is 3.16. The van der Waals surface area contributed by atoms with Crippen molar-refractivity contribution < 1.29 is 24.5 Å². The number of hydrogen-bond acceptors (Lipinski definition) is 10. The number of fused-ring (bicyclic) bond motifs is 1. The third-order valence-corrected chi connectivity index (χ3v) is 4.18. The van der Waals surface area contributed by atoms with Gasteiger partial charge >= 0.3 is 5.97 Å². The molecular formula is C16H21N5O5. The van der Waals surface area contributed by atoms with Gasteiger partial charge in [-0.1, -0.05) is 18.2 Å². The minimum Gasteiger partial charge on any atom is -0.463 e. The highest BCUT2D eigenvalue weighted by Crippen LogP contribution is 2.29. The monoisotopic (exact) mass is 363 g/mol. The fraction of sp³-hybridized carbons (Fsp3) is 0.500. The highest BCUT2D eigenvalue weighted by atomic mass is 16.6. The van der Waals surface area contributed by atoms with Crippen LogP contribution in [0, 0.1) is 0 Å². The number of aliphatic hydroxyl groups excluding tert-OH is 2. The molecule has 3 aliphatic heterocycles. The van der Waals surface area contributed by atoms with Crippen LogP contribution in [0.4, 0.5) is 0 Å². The molecule has 0 aliphatic carbocycles. The summed E-state index contributed by atoms with van der Waals surface area (Å²) in [5, 5.41) is 20.6. The molecule has 6 atom stereocenters. The van der Waals surface area contributed by atoms with Gasteiger partial charge in [0, 0.05) is 6.08 Å². The number of nitrogens with zero attached hydrogens (tertiary/aromatic N) is 4. The Morgan fingerprint density at radius 1 is 1.38 bits per heavy atom. The molecule has 1 fully saturated rings. The Hall–Kier alpha value is -2.56. The molecule has 10 nitrogen and oxygen atoms in total. The molecular weight excluding hydrogens is 342 g/mol. The number of esters is 1. The maximum absolute atomic E-state index is 11.2. The number of amidine groups is 1. The Morgan fingerprint density at radius 2 is 2.19 bits per heavy atom. The first-order chi connectivity index (χ1) is 12.5. The summed E-state index contributed by atoms with van der Waals surface area (Å²) in [6.45, 7) is 2.01. The molecule has 26 heavy (non-hydrogen) atoms. The van der Waals surface area contributed by atoms with Crippen LogP contribution in [-0.2, 0) is 14.3 Å². The minimum absolute atomic E-state index is 0.294. The van der Waals surface area contributed by atoms with Gasteiger partial charge in [0.15, 0.2) is 12.4 Å². The summed E-state index contributed by atoms with van der Waals surface area (Å²) in [6, 6.07) is -0.435. The topological polar surface area (TPSA) is 142 Å². The lowest BCUT2D eigenvalue weighted by Crippen LogP contribution is -2.51. The predicted molar refractivity (Wildman–Crippen MR) is 93.6 cm³/mol. The Morgan fingerprint density at radius 3 is 2.96 bits per heavy atom.